The topological polar surface area (TPSA) is 94.4 Å². The lowest BCUT2D eigenvalue weighted by Gasteiger charge is -2.06. The van der Waals surface area contributed by atoms with E-state index in [0.717, 1.165) is 21.3 Å². The normalized spacial score (nSPS) is 10.6. The fourth-order valence-electron chi connectivity index (χ4n) is 2.31. The molecular weight excluding hydrogens is 342 g/mol. The Morgan fingerprint density at radius 2 is 2.04 bits per heavy atom. The molecule has 25 heavy (non-hydrogen) atoms. The van der Waals surface area contributed by atoms with Crippen molar-refractivity contribution in [3.63, 3.8) is 0 Å². The van der Waals surface area contributed by atoms with E-state index in [0.29, 0.717) is 5.13 Å². The van der Waals surface area contributed by atoms with Gasteiger partial charge in [0.05, 0.1) is 15.1 Å². The summed E-state index contributed by atoms with van der Waals surface area (Å²) in [6.07, 6.45) is 0. The van der Waals surface area contributed by atoms with Crippen molar-refractivity contribution >= 4 is 38.3 Å². The molecule has 3 aromatic rings. The summed E-state index contributed by atoms with van der Waals surface area (Å²) in [5.41, 5.74) is 2.89. The Balaban J connectivity index is 1.69. The van der Waals surface area contributed by atoms with Gasteiger partial charge in [-0.05, 0) is 37.1 Å². The minimum absolute atomic E-state index is 0.0541. The number of anilines is 1. The number of hydrogen-bond acceptors (Lipinski definition) is 6. The fourth-order valence-corrected chi connectivity index (χ4v) is 3.25. The number of para-hydroxylation sites is 2. The third-order valence-electron chi connectivity index (χ3n) is 3.75. The largest absolute Gasteiger partial charge is 0.477 e. The highest BCUT2D eigenvalue weighted by atomic mass is 32.1. The number of fused-ring (bicyclic) bond motifs is 1. The number of ether oxygens (including phenoxy) is 1. The van der Waals surface area contributed by atoms with Gasteiger partial charge in [0, 0.05) is 6.07 Å². The molecule has 0 spiro atoms. The molecule has 0 saturated heterocycles. The molecule has 2 aromatic carbocycles. The van der Waals surface area contributed by atoms with Crippen LogP contribution in [0.4, 0.5) is 10.8 Å². The Morgan fingerprint density at radius 1 is 1.28 bits per heavy atom. The van der Waals surface area contributed by atoms with Crippen molar-refractivity contribution in [2.45, 2.75) is 13.8 Å². The number of nitrogens with one attached hydrogen (secondary N) is 1. The molecule has 8 heteroatoms. The number of nitro benzene ring substituents is 1. The molecule has 3 rings (SSSR count). The molecule has 7 nitrogen and oxygen atoms in total. The molecular formula is C17H15N3O4S. The lowest BCUT2D eigenvalue weighted by Crippen LogP contribution is -2.20. The molecule has 1 N–H and O–H groups in total. The second-order valence-electron chi connectivity index (χ2n) is 5.43. The first kappa shape index (κ1) is 16.8. The number of thiazole rings is 1. The van der Waals surface area contributed by atoms with Crippen molar-refractivity contribution in [2.24, 2.45) is 0 Å². The van der Waals surface area contributed by atoms with Crippen LogP contribution in [0.25, 0.3) is 10.2 Å². The second kappa shape index (κ2) is 6.86. The number of hydrogen-bond donors (Lipinski definition) is 1. The molecule has 0 fully saturated rings. The van der Waals surface area contributed by atoms with Crippen molar-refractivity contribution in [1.82, 2.24) is 4.98 Å². The van der Waals surface area contributed by atoms with E-state index < -0.39 is 10.8 Å². The molecule has 0 aliphatic heterocycles. The highest BCUT2D eigenvalue weighted by molar-refractivity contribution is 7.22. The molecule has 128 valence electrons. The summed E-state index contributed by atoms with van der Waals surface area (Å²) in [5, 5.41) is 14.1. The summed E-state index contributed by atoms with van der Waals surface area (Å²) in [4.78, 5) is 26.9. The van der Waals surface area contributed by atoms with Crippen molar-refractivity contribution in [1.29, 1.82) is 0 Å². The van der Waals surface area contributed by atoms with Gasteiger partial charge in [-0.2, -0.15) is 0 Å². The third kappa shape index (κ3) is 3.58. The van der Waals surface area contributed by atoms with E-state index in [1.165, 1.54) is 29.5 Å². The van der Waals surface area contributed by atoms with Crippen LogP contribution in [0.2, 0.25) is 0 Å². The fraction of sp³-hybridized carbons (Fsp3) is 0.176. The maximum absolute atomic E-state index is 12.1. The molecule has 0 saturated carbocycles. The zero-order valence-corrected chi connectivity index (χ0v) is 14.4. The summed E-state index contributed by atoms with van der Waals surface area (Å²) >= 11 is 1.37. The Kier molecular flexibility index (Phi) is 4.62. The maximum Gasteiger partial charge on any atom is 0.310 e. The number of carbonyl (C=O) groups excluding carboxylic acids is 1. The zero-order valence-electron chi connectivity index (χ0n) is 13.6. The van der Waals surface area contributed by atoms with Crippen LogP contribution in [0.1, 0.15) is 11.1 Å². The van der Waals surface area contributed by atoms with Crippen LogP contribution in [-0.4, -0.2) is 22.4 Å². The van der Waals surface area contributed by atoms with E-state index in [-0.39, 0.29) is 18.0 Å². The first-order valence-electron chi connectivity index (χ1n) is 7.48. The van der Waals surface area contributed by atoms with Crippen molar-refractivity contribution in [3.05, 3.63) is 57.6 Å². The first-order valence-corrected chi connectivity index (χ1v) is 8.30. The summed E-state index contributed by atoms with van der Waals surface area (Å²) < 4.78 is 6.26. The first-order chi connectivity index (χ1) is 12.0. The number of aryl methyl sites for hydroxylation is 2. The Bertz CT molecular complexity index is 968. The number of carbonyl (C=O) groups is 1. The molecule has 0 unspecified atom stereocenters. The van der Waals surface area contributed by atoms with Crippen LogP contribution >= 0.6 is 11.3 Å². The van der Waals surface area contributed by atoms with Crippen LogP contribution < -0.4 is 10.1 Å². The molecule has 0 radical (unpaired) electrons. The molecule has 1 amide bonds. The van der Waals surface area contributed by atoms with Crippen molar-refractivity contribution < 1.29 is 14.5 Å². The predicted octanol–water partition coefficient (Wildman–Crippen LogP) is 3.84. The third-order valence-corrected chi connectivity index (χ3v) is 4.69. The van der Waals surface area contributed by atoms with Gasteiger partial charge in [-0.1, -0.05) is 29.5 Å². The van der Waals surface area contributed by atoms with Gasteiger partial charge in [0.1, 0.15) is 0 Å². The number of rotatable bonds is 5. The van der Waals surface area contributed by atoms with E-state index in [2.05, 4.69) is 10.3 Å². The smallest absolute Gasteiger partial charge is 0.310 e. The zero-order chi connectivity index (χ0) is 18.0. The summed E-state index contributed by atoms with van der Waals surface area (Å²) in [7, 11) is 0. The van der Waals surface area contributed by atoms with Crippen LogP contribution in [-0.2, 0) is 4.79 Å². The number of amides is 1. The van der Waals surface area contributed by atoms with Gasteiger partial charge < -0.3 is 4.74 Å². The number of nitro groups is 1. The van der Waals surface area contributed by atoms with E-state index in [1.807, 2.05) is 26.0 Å². The average Bonchev–Trinajstić information content (AvgIpc) is 3.00. The quantitative estimate of drug-likeness (QED) is 0.553. The standard InChI is InChI=1S/C17H15N3O4S/c1-10-7-8-14-16(11(10)2)19-17(25-14)18-15(21)9-24-13-6-4-3-5-12(13)20(22)23/h3-8H,9H2,1-2H3,(H,18,19,21). The van der Waals surface area contributed by atoms with Crippen LogP contribution in [0.3, 0.4) is 0 Å². The van der Waals surface area contributed by atoms with Gasteiger partial charge in [-0.15, -0.1) is 0 Å². The van der Waals surface area contributed by atoms with Gasteiger partial charge in [0.15, 0.2) is 17.5 Å². The second-order valence-corrected chi connectivity index (χ2v) is 6.47. The van der Waals surface area contributed by atoms with Crippen molar-refractivity contribution in [3.8, 4) is 5.75 Å². The number of benzene rings is 2. The molecule has 0 bridgehead atoms. The average molecular weight is 357 g/mol. The van der Waals surface area contributed by atoms with E-state index in [1.54, 1.807) is 6.07 Å². The molecule has 1 heterocycles. The summed E-state index contributed by atoms with van der Waals surface area (Å²) in [6, 6.07) is 9.91. The lowest BCUT2D eigenvalue weighted by atomic mass is 10.1. The van der Waals surface area contributed by atoms with Gasteiger partial charge in [0.25, 0.3) is 5.91 Å². The Labute approximate surface area is 147 Å². The van der Waals surface area contributed by atoms with E-state index in [4.69, 9.17) is 4.74 Å². The predicted molar refractivity (Wildman–Crippen MR) is 96.3 cm³/mol. The summed E-state index contributed by atoms with van der Waals surface area (Å²) in [6.45, 7) is 3.66. The van der Waals surface area contributed by atoms with Gasteiger partial charge in [0.2, 0.25) is 0 Å². The van der Waals surface area contributed by atoms with Gasteiger partial charge in [-0.3, -0.25) is 20.2 Å². The van der Waals surface area contributed by atoms with Crippen LogP contribution in [0.5, 0.6) is 5.75 Å². The SMILES string of the molecule is Cc1ccc2sc(NC(=O)COc3ccccc3[N+](=O)[O-])nc2c1C. The van der Waals surface area contributed by atoms with E-state index in [9.17, 15) is 14.9 Å². The maximum atomic E-state index is 12.1. The molecule has 1 aromatic heterocycles. The van der Waals surface area contributed by atoms with Gasteiger partial charge in [-0.25, -0.2) is 4.98 Å². The van der Waals surface area contributed by atoms with Gasteiger partial charge >= 0.3 is 5.69 Å². The molecule has 0 atom stereocenters. The minimum atomic E-state index is -0.550. The molecule has 0 aliphatic carbocycles. The number of aromatic nitrogens is 1. The monoisotopic (exact) mass is 357 g/mol. The van der Waals surface area contributed by atoms with Crippen molar-refractivity contribution in [2.75, 3.05) is 11.9 Å². The van der Waals surface area contributed by atoms with Crippen LogP contribution in [0.15, 0.2) is 36.4 Å². The summed E-state index contributed by atoms with van der Waals surface area (Å²) in [5.74, 6) is -0.370. The Hall–Kier alpha value is -3.00. The Morgan fingerprint density at radius 3 is 2.80 bits per heavy atom. The van der Waals surface area contributed by atoms with E-state index >= 15 is 0 Å². The minimum Gasteiger partial charge on any atom is -0.477 e. The molecule has 0 aliphatic rings. The lowest BCUT2D eigenvalue weighted by molar-refractivity contribution is -0.385. The highest BCUT2D eigenvalue weighted by Gasteiger charge is 2.16. The van der Waals surface area contributed by atoms with Crippen LogP contribution in [0, 0.1) is 24.0 Å². The highest BCUT2D eigenvalue weighted by Crippen LogP contribution is 2.30. The number of nitrogens with zero attached hydrogens (tertiary/aromatic N) is 2.